The van der Waals surface area contributed by atoms with Crippen molar-refractivity contribution in [3.63, 3.8) is 0 Å². The number of benzene rings is 2. The highest BCUT2D eigenvalue weighted by Crippen LogP contribution is 2.32. The van der Waals surface area contributed by atoms with Crippen molar-refractivity contribution in [3.05, 3.63) is 65.5 Å². The summed E-state index contributed by atoms with van der Waals surface area (Å²) in [6, 6.07) is 13.5. The lowest BCUT2D eigenvalue weighted by Gasteiger charge is -2.23. The number of aliphatic hydroxyl groups excluding tert-OH is 1. The van der Waals surface area contributed by atoms with Crippen LogP contribution in [0.15, 0.2) is 48.5 Å². The molecule has 2 rings (SSSR count). The molecule has 0 aliphatic rings. The number of methoxy groups -OCH3 is 1. The first kappa shape index (κ1) is 14.5. The summed E-state index contributed by atoms with van der Waals surface area (Å²) in [6.45, 7) is 0.211. The molecule has 0 aromatic heterocycles. The number of halogens is 1. The molecule has 0 fully saturated rings. The Morgan fingerprint density at radius 3 is 2.60 bits per heavy atom. The van der Waals surface area contributed by atoms with E-state index in [0.29, 0.717) is 5.75 Å². The van der Waals surface area contributed by atoms with Gasteiger partial charge in [-0.15, -0.1) is 0 Å². The van der Waals surface area contributed by atoms with Crippen molar-refractivity contribution in [2.45, 2.75) is 12.0 Å². The second-order valence-corrected chi connectivity index (χ2v) is 4.59. The van der Waals surface area contributed by atoms with Gasteiger partial charge in [0, 0.05) is 18.0 Å². The normalized spacial score (nSPS) is 13.8. The molecule has 0 saturated heterocycles. The summed E-state index contributed by atoms with van der Waals surface area (Å²) in [5.74, 6) is -0.134. The van der Waals surface area contributed by atoms with Crippen molar-refractivity contribution in [1.82, 2.24) is 0 Å². The summed E-state index contributed by atoms with van der Waals surface area (Å²) in [5.41, 5.74) is 6.84. The van der Waals surface area contributed by atoms with Crippen LogP contribution in [0.3, 0.4) is 0 Å². The molecular formula is C16H18FNO2. The van der Waals surface area contributed by atoms with Crippen LogP contribution in [0.1, 0.15) is 23.1 Å². The minimum atomic E-state index is -0.992. The molecule has 2 unspecified atom stereocenters. The minimum absolute atomic E-state index is 0.211. The molecule has 4 heteroatoms. The molecule has 2 aromatic rings. The summed E-state index contributed by atoms with van der Waals surface area (Å²) in [7, 11) is 1.57. The largest absolute Gasteiger partial charge is 0.497 e. The molecule has 0 amide bonds. The predicted molar refractivity (Wildman–Crippen MR) is 76.1 cm³/mol. The Morgan fingerprint density at radius 1 is 1.20 bits per heavy atom. The Bertz CT molecular complexity index is 574. The van der Waals surface area contributed by atoms with E-state index in [1.54, 1.807) is 25.3 Å². The average molecular weight is 275 g/mol. The van der Waals surface area contributed by atoms with Crippen molar-refractivity contribution in [3.8, 4) is 5.75 Å². The standard InChI is InChI=1S/C16H18FNO2/c1-20-12-6-4-5-11(9-12)14(10-18)16(19)13-7-2-3-8-15(13)17/h2-9,14,16,19H,10,18H2,1H3. The molecule has 2 atom stereocenters. The van der Waals surface area contributed by atoms with Crippen LogP contribution in [0.4, 0.5) is 4.39 Å². The van der Waals surface area contributed by atoms with E-state index >= 15 is 0 Å². The predicted octanol–water partition coefficient (Wildman–Crippen LogP) is 2.61. The topological polar surface area (TPSA) is 55.5 Å². The molecule has 2 aromatic carbocycles. The maximum absolute atomic E-state index is 13.8. The van der Waals surface area contributed by atoms with Gasteiger partial charge >= 0.3 is 0 Å². The molecule has 0 aliphatic heterocycles. The van der Waals surface area contributed by atoms with Gasteiger partial charge in [-0.2, -0.15) is 0 Å². The Hall–Kier alpha value is -1.91. The molecule has 106 valence electrons. The number of ether oxygens (including phenoxy) is 1. The smallest absolute Gasteiger partial charge is 0.129 e. The second kappa shape index (κ2) is 6.50. The first-order valence-corrected chi connectivity index (χ1v) is 6.44. The monoisotopic (exact) mass is 275 g/mol. The summed E-state index contributed by atoms with van der Waals surface area (Å²) in [5, 5.41) is 10.4. The van der Waals surface area contributed by atoms with Crippen molar-refractivity contribution in [2.75, 3.05) is 13.7 Å². The van der Waals surface area contributed by atoms with E-state index in [0.717, 1.165) is 5.56 Å². The highest BCUT2D eigenvalue weighted by atomic mass is 19.1. The molecule has 3 N–H and O–H groups in total. The van der Waals surface area contributed by atoms with Gasteiger partial charge in [0.1, 0.15) is 11.6 Å². The maximum atomic E-state index is 13.8. The van der Waals surface area contributed by atoms with Gasteiger partial charge in [0.15, 0.2) is 0 Å². The molecule has 0 saturated carbocycles. The van der Waals surface area contributed by atoms with E-state index in [1.807, 2.05) is 24.3 Å². The van der Waals surface area contributed by atoms with E-state index in [-0.39, 0.29) is 18.0 Å². The van der Waals surface area contributed by atoms with Crippen molar-refractivity contribution in [2.24, 2.45) is 5.73 Å². The first-order valence-electron chi connectivity index (χ1n) is 6.44. The average Bonchev–Trinajstić information content (AvgIpc) is 2.48. The van der Waals surface area contributed by atoms with Crippen LogP contribution >= 0.6 is 0 Å². The van der Waals surface area contributed by atoms with Gasteiger partial charge < -0.3 is 15.6 Å². The van der Waals surface area contributed by atoms with Crippen molar-refractivity contribution < 1.29 is 14.2 Å². The molecule has 0 bridgehead atoms. The van der Waals surface area contributed by atoms with Crippen LogP contribution in [0.5, 0.6) is 5.75 Å². The van der Waals surface area contributed by atoms with Crippen LogP contribution in [0.25, 0.3) is 0 Å². The van der Waals surface area contributed by atoms with Gasteiger partial charge in [-0.1, -0.05) is 30.3 Å². The number of hydrogen-bond donors (Lipinski definition) is 2. The fourth-order valence-electron chi connectivity index (χ4n) is 2.25. The van der Waals surface area contributed by atoms with Crippen LogP contribution in [0, 0.1) is 5.82 Å². The second-order valence-electron chi connectivity index (χ2n) is 4.59. The molecule has 0 spiro atoms. The fraction of sp³-hybridized carbons (Fsp3) is 0.250. The van der Waals surface area contributed by atoms with Crippen LogP contribution in [0.2, 0.25) is 0 Å². The number of aliphatic hydroxyl groups is 1. The molecule has 0 heterocycles. The Kier molecular flexibility index (Phi) is 4.71. The molecule has 0 aliphatic carbocycles. The number of hydrogen-bond acceptors (Lipinski definition) is 3. The van der Waals surface area contributed by atoms with E-state index in [1.165, 1.54) is 6.07 Å². The Balaban J connectivity index is 2.34. The van der Waals surface area contributed by atoms with Gasteiger partial charge in [-0.25, -0.2) is 4.39 Å². The van der Waals surface area contributed by atoms with Gasteiger partial charge in [0.25, 0.3) is 0 Å². The van der Waals surface area contributed by atoms with E-state index in [9.17, 15) is 9.50 Å². The van der Waals surface area contributed by atoms with Gasteiger partial charge in [-0.3, -0.25) is 0 Å². The maximum Gasteiger partial charge on any atom is 0.129 e. The first-order chi connectivity index (χ1) is 9.67. The number of rotatable bonds is 5. The lowest BCUT2D eigenvalue weighted by Crippen LogP contribution is -2.21. The third-order valence-electron chi connectivity index (χ3n) is 3.38. The molecule has 20 heavy (non-hydrogen) atoms. The quantitative estimate of drug-likeness (QED) is 0.882. The molecular weight excluding hydrogens is 257 g/mol. The summed E-state index contributed by atoms with van der Waals surface area (Å²) < 4.78 is 18.9. The van der Waals surface area contributed by atoms with Crippen LogP contribution < -0.4 is 10.5 Å². The highest BCUT2D eigenvalue weighted by molar-refractivity contribution is 5.34. The van der Waals surface area contributed by atoms with Crippen molar-refractivity contribution in [1.29, 1.82) is 0 Å². The summed E-state index contributed by atoms with van der Waals surface area (Å²) in [6.07, 6.45) is -0.992. The fourth-order valence-corrected chi connectivity index (χ4v) is 2.25. The van der Waals surface area contributed by atoms with Gasteiger partial charge in [-0.05, 0) is 23.8 Å². The zero-order valence-corrected chi connectivity index (χ0v) is 11.3. The van der Waals surface area contributed by atoms with E-state index in [4.69, 9.17) is 10.5 Å². The lowest BCUT2D eigenvalue weighted by molar-refractivity contribution is 0.143. The lowest BCUT2D eigenvalue weighted by atomic mass is 9.89. The van der Waals surface area contributed by atoms with Gasteiger partial charge in [0.2, 0.25) is 0 Å². The molecule has 0 radical (unpaired) electrons. The third kappa shape index (κ3) is 2.98. The van der Waals surface area contributed by atoms with Crippen molar-refractivity contribution >= 4 is 0 Å². The SMILES string of the molecule is COc1cccc(C(CN)C(O)c2ccccc2F)c1. The summed E-state index contributed by atoms with van der Waals surface area (Å²) in [4.78, 5) is 0. The van der Waals surface area contributed by atoms with E-state index in [2.05, 4.69) is 0 Å². The van der Waals surface area contributed by atoms with Crippen LogP contribution in [-0.4, -0.2) is 18.8 Å². The number of nitrogens with two attached hydrogens (primary N) is 1. The zero-order chi connectivity index (χ0) is 14.5. The summed E-state index contributed by atoms with van der Waals surface area (Å²) >= 11 is 0. The van der Waals surface area contributed by atoms with Crippen LogP contribution in [-0.2, 0) is 0 Å². The minimum Gasteiger partial charge on any atom is -0.497 e. The Morgan fingerprint density at radius 2 is 1.95 bits per heavy atom. The van der Waals surface area contributed by atoms with E-state index < -0.39 is 11.9 Å². The van der Waals surface area contributed by atoms with Gasteiger partial charge in [0.05, 0.1) is 13.2 Å². The third-order valence-corrected chi connectivity index (χ3v) is 3.38. The Labute approximate surface area is 117 Å². The molecule has 3 nitrogen and oxygen atoms in total. The zero-order valence-electron chi connectivity index (χ0n) is 11.3. The highest BCUT2D eigenvalue weighted by Gasteiger charge is 2.24.